The van der Waals surface area contributed by atoms with Crippen LogP contribution < -0.4 is 4.90 Å². The molecule has 1 aliphatic rings. The standard InChI is InChI=1S/C19H19N7O2/c27-12-17-23-15-2-1-14(9-16(15)24-17)26-4-3-20-18(26)13-10-21-19(22-11-13)25-5-7-28-8-6-25/h1-4,9-11,27H,5-8,12H2,(H,23,24). The molecule has 9 heteroatoms. The summed E-state index contributed by atoms with van der Waals surface area (Å²) in [5.74, 6) is 2.01. The van der Waals surface area contributed by atoms with Crippen molar-refractivity contribution in [3.63, 3.8) is 0 Å². The van der Waals surface area contributed by atoms with E-state index in [1.54, 1.807) is 18.6 Å². The van der Waals surface area contributed by atoms with Gasteiger partial charge >= 0.3 is 0 Å². The summed E-state index contributed by atoms with van der Waals surface area (Å²) in [6.45, 7) is 2.88. The molecule has 4 heterocycles. The van der Waals surface area contributed by atoms with E-state index in [1.165, 1.54) is 0 Å². The first-order valence-electron chi connectivity index (χ1n) is 9.10. The summed E-state index contributed by atoms with van der Waals surface area (Å²) in [6, 6.07) is 5.87. The van der Waals surface area contributed by atoms with Crippen LogP contribution in [-0.2, 0) is 11.3 Å². The van der Waals surface area contributed by atoms with Crippen molar-refractivity contribution in [3.8, 4) is 17.1 Å². The van der Waals surface area contributed by atoms with Crippen LogP contribution in [0.5, 0.6) is 0 Å². The van der Waals surface area contributed by atoms with E-state index >= 15 is 0 Å². The number of rotatable bonds is 4. The summed E-state index contributed by atoms with van der Waals surface area (Å²) < 4.78 is 7.35. The number of fused-ring (bicyclic) bond motifs is 1. The smallest absolute Gasteiger partial charge is 0.225 e. The zero-order valence-electron chi connectivity index (χ0n) is 15.1. The summed E-state index contributed by atoms with van der Waals surface area (Å²) in [6.07, 6.45) is 7.25. The lowest BCUT2D eigenvalue weighted by Crippen LogP contribution is -2.37. The first-order valence-corrected chi connectivity index (χ1v) is 9.10. The van der Waals surface area contributed by atoms with E-state index < -0.39 is 0 Å². The zero-order chi connectivity index (χ0) is 18.9. The van der Waals surface area contributed by atoms with E-state index in [1.807, 2.05) is 29.0 Å². The fraction of sp³-hybridized carbons (Fsp3) is 0.263. The number of imidazole rings is 2. The van der Waals surface area contributed by atoms with Gasteiger partial charge in [0.05, 0.1) is 29.8 Å². The van der Waals surface area contributed by atoms with Crippen molar-refractivity contribution in [2.45, 2.75) is 6.61 Å². The highest BCUT2D eigenvalue weighted by Gasteiger charge is 2.15. The third-order valence-electron chi connectivity index (χ3n) is 4.77. The predicted molar refractivity (Wildman–Crippen MR) is 103 cm³/mol. The van der Waals surface area contributed by atoms with Crippen LogP contribution in [0.2, 0.25) is 0 Å². The molecule has 1 saturated heterocycles. The van der Waals surface area contributed by atoms with Gasteiger partial charge in [-0.25, -0.2) is 19.9 Å². The second-order valence-electron chi connectivity index (χ2n) is 6.54. The number of H-pyrrole nitrogens is 1. The van der Waals surface area contributed by atoms with Gasteiger partial charge in [-0.3, -0.25) is 4.57 Å². The summed E-state index contributed by atoms with van der Waals surface area (Å²) in [5, 5.41) is 9.27. The number of nitrogens with one attached hydrogen (secondary N) is 1. The molecule has 0 unspecified atom stereocenters. The van der Waals surface area contributed by atoms with Gasteiger partial charge in [0, 0.05) is 43.6 Å². The van der Waals surface area contributed by atoms with Crippen LogP contribution in [0.3, 0.4) is 0 Å². The van der Waals surface area contributed by atoms with Gasteiger partial charge in [0.1, 0.15) is 18.3 Å². The molecule has 2 N–H and O–H groups in total. The molecule has 142 valence electrons. The molecule has 0 radical (unpaired) electrons. The van der Waals surface area contributed by atoms with E-state index in [-0.39, 0.29) is 6.61 Å². The number of anilines is 1. The maximum Gasteiger partial charge on any atom is 0.225 e. The minimum absolute atomic E-state index is 0.118. The van der Waals surface area contributed by atoms with Crippen LogP contribution in [0.4, 0.5) is 5.95 Å². The van der Waals surface area contributed by atoms with Gasteiger partial charge in [-0.1, -0.05) is 0 Å². The van der Waals surface area contributed by atoms with Crippen molar-refractivity contribution >= 4 is 17.0 Å². The molecule has 4 aromatic rings. The molecule has 0 saturated carbocycles. The average molecular weight is 377 g/mol. The number of nitrogens with zero attached hydrogens (tertiary/aromatic N) is 6. The van der Waals surface area contributed by atoms with Gasteiger partial charge in [-0.2, -0.15) is 0 Å². The number of aliphatic hydroxyl groups excluding tert-OH is 1. The molecular formula is C19H19N7O2. The summed E-state index contributed by atoms with van der Waals surface area (Å²) in [7, 11) is 0. The van der Waals surface area contributed by atoms with Gasteiger partial charge in [0.2, 0.25) is 5.95 Å². The van der Waals surface area contributed by atoms with Crippen molar-refractivity contribution in [2.75, 3.05) is 31.2 Å². The largest absolute Gasteiger partial charge is 0.388 e. The highest BCUT2D eigenvalue weighted by Crippen LogP contribution is 2.24. The number of aliphatic hydroxyl groups is 1. The Morgan fingerprint density at radius 3 is 2.71 bits per heavy atom. The molecule has 1 aromatic carbocycles. The van der Waals surface area contributed by atoms with Gasteiger partial charge < -0.3 is 19.7 Å². The van der Waals surface area contributed by atoms with Crippen molar-refractivity contribution in [1.82, 2.24) is 29.5 Å². The van der Waals surface area contributed by atoms with E-state index in [9.17, 15) is 5.11 Å². The SMILES string of the molecule is OCc1nc2ccc(-n3ccnc3-c3cnc(N4CCOCC4)nc3)cc2[nH]1. The Hall–Kier alpha value is -3.30. The Morgan fingerprint density at radius 1 is 1.11 bits per heavy atom. The molecule has 0 atom stereocenters. The Bertz CT molecular complexity index is 1100. The molecular weight excluding hydrogens is 358 g/mol. The number of aromatic amines is 1. The van der Waals surface area contributed by atoms with Crippen molar-refractivity contribution in [1.29, 1.82) is 0 Å². The van der Waals surface area contributed by atoms with E-state index in [4.69, 9.17) is 4.74 Å². The summed E-state index contributed by atoms with van der Waals surface area (Å²) in [4.78, 5) is 23.1. The topological polar surface area (TPSA) is 105 Å². The fourth-order valence-corrected chi connectivity index (χ4v) is 3.36. The lowest BCUT2D eigenvalue weighted by molar-refractivity contribution is 0.122. The number of hydrogen-bond acceptors (Lipinski definition) is 7. The average Bonchev–Trinajstić information content (AvgIpc) is 3.41. The Kier molecular flexibility index (Phi) is 4.22. The number of morpholine rings is 1. The third-order valence-corrected chi connectivity index (χ3v) is 4.77. The Balaban J connectivity index is 1.47. The molecule has 9 nitrogen and oxygen atoms in total. The van der Waals surface area contributed by atoms with Crippen LogP contribution in [-0.4, -0.2) is 60.9 Å². The fourth-order valence-electron chi connectivity index (χ4n) is 3.36. The first-order chi connectivity index (χ1) is 13.8. The van der Waals surface area contributed by atoms with E-state index in [0.717, 1.165) is 41.2 Å². The first kappa shape index (κ1) is 16.8. The second kappa shape index (κ2) is 7.02. The van der Waals surface area contributed by atoms with Gasteiger partial charge in [0.15, 0.2) is 0 Å². The van der Waals surface area contributed by atoms with Gasteiger partial charge in [-0.05, 0) is 18.2 Å². The van der Waals surface area contributed by atoms with Crippen LogP contribution in [0.25, 0.3) is 28.1 Å². The normalized spacial score (nSPS) is 14.7. The lowest BCUT2D eigenvalue weighted by Gasteiger charge is -2.26. The number of benzene rings is 1. The van der Waals surface area contributed by atoms with Crippen molar-refractivity contribution in [3.05, 3.63) is 48.8 Å². The molecule has 0 aliphatic carbocycles. The van der Waals surface area contributed by atoms with E-state index in [2.05, 4.69) is 29.8 Å². The van der Waals surface area contributed by atoms with Crippen molar-refractivity contribution in [2.24, 2.45) is 0 Å². The maximum absolute atomic E-state index is 9.27. The zero-order valence-corrected chi connectivity index (χ0v) is 15.1. The lowest BCUT2D eigenvalue weighted by atomic mass is 10.2. The van der Waals surface area contributed by atoms with Crippen LogP contribution >= 0.6 is 0 Å². The number of hydrogen-bond donors (Lipinski definition) is 2. The third kappa shape index (κ3) is 3.00. The number of ether oxygens (including phenoxy) is 1. The van der Waals surface area contributed by atoms with Gasteiger partial charge in [-0.15, -0.1) is 0 Å². The Labute approximate surface area is 160 Å². The molecule has 3 aromatic heterocycles. The number of aromatic nitrogens is 6. The summed E-state index contributed by atoms with van der Waals surface area (Å²) >= 11 is 0. The van der Waals surface area contributed by atoms with Crippen LogP contribution in [0.15, 0.2) is 43.0 Å². The highest BCUT2D eigenvalue weighted by molar-refractivity contribution is 5.78. The molecule has 1 aliphatic heterocycles. The second-order valence-corrected chi connectivity index (χ2v) is 6.54. The molecule has 1 fully saturated rings. The Morgan fingerprint density at radius 2 is 1.93 bits per heavy atom. The molecule has 0 amide bonds. The molecule has 5 rings (SSSR count). The van der Waals surface area contributed by atoms with E-state index in [0.29, 0.717) is 25.0 Å². The van der Waals surface area contributed by atoms with Crippen molar-refractivity contribution < 1.29 is 9.84 Å². The molecule has 28 heavy (non-hydrogen) atoms. The predicted octanol–water partition coefficient (Wildman–Crippen LogP) is 1.53. The van der Waals surface area contributed by atoms with Crippen LogP contribution in [0, 0.1) is 0 Å². The monoisotopic (exact) mass is 377 g/mol. The quantitative estimate of drug-likeness (QED) is 0.556. The highest BCUT2D eigenvalue weighted by atomic mass is 16.5. The minimum atomic E-state index is -0.118. The maximum atomic E-state index is 9.27. The summed E-state index contributed by atoms with van der Waals surface area (Å²) in [5.41, 5.74) is 3.45. The molecule has 0 spiro atoms. The minimum Gasteiger partial charge on any atom is -0.388 e. The van der Waals surface area contributed by atoms with Crippen LogP contribution in [0.1, 0.15) is 5.82 Å². The van der Waals surface area contributed by atoms with Gasteiger partial charge in [0.25, 0.3) is 0 Å². The molecule has 0 bridgehead atoms.